The maximum absolute atomic E-state index is 9.77. The van der Waals surface area contributed by atoms with Crippen molar-refractivity contribution in [1.29, 1.82) is 10.5 Å². The third-order valence-corrected chi connectivity index (χ3v) is 5.76. The Morgan fingerprint density at radius 1 is 1.20 bits per heavy atom. The van der Waals surface area contributed by atoms with E-state index >= 15 is 0 Å². The highest BCUT2D eigenvalue weighted by Crippen LogP contribution is 2.30. The fourth-order valence-electron chi connectivity index (χ4n) is 3.56. The second kappa shape index (κ2) is 7.37. The standard InChI is InChI=1S/C23H18BrN5O/c1-12-7-16(14(3)29(12)23-19(11-26)13(2)15(4)30-23)8-17(10-25)22-27-20-6-5-18(24)9-21(20)28-22/h5-9H,1-4H3,(H,27,28)/b17-8+. The molecule has 0 saturated carbocycles. The van der Waals surface area contributed by atoms with Gasteiger partial charge in [-0.25, -0.2) is 4.98 Å². The molecule has 6 nitrogen and oxygen atoms in total. The summed E-state index contributed by atoms with van der Waals surface area (Å²) in [5, 5.41) is 19.4. The molecular weight excluding hydrogens is 442 g/mol. The van der Waals surface area contributed by atoms with Gasteiger partial charge in [-0.15, -0.1) is 0 Å². The van der Waals surface area contributed by atoms with Gasteiger partial charge in [0.15, 0.2) is 0 Å². The molecule has 0 aliphatic heterocycles. The number of aromatic nitrogens is 3. The van der Waals surface area contributed by atoms with Crippen molar-refractivity contribution in [2.45, 2.75) is 27.7 Å². The highest BCUT2D eigenvalue weighted by molar-refractivity contribution is 9.10. The van der Waals surface area contributed by atoms with Crippen molar-refractivity contribution in [2.24, 2.45) is 0 Å². The van der Waals surface area contributed by atoms with Crippen molar-refractivity contribution >= 4 is 38.6 Å². The molecule has 3 aromatic heterocycles. The molecule has 0 amide bonds. The lowest BCUT2D eigenvalue weighted by molar-refractivity contribution is 0.503. The molecule has 0 fully saturated rings. The molecule has 0 aliphatic rings. The Hall–Kier alpha value is -3.55. The number of nitrogens with zero attached hydrogens (tertiary/aromatic N) is 4. The zero-order chi connectivity index (χ0) is 21.6. The number of aryl methyl sites for hydroxylation is 2. The van der Waals surface area contributed by atoms with E-state index in [-0.39, 0.29) is 0 Å². The highest BCUT2D eigenvalue weighted by Gasteiger charge is 2.20. The van der Waals surface area contributed by atoms with E-state index in [0.29, 0.717) is 22.8 Å². The van der Waals surface area contributed by atoms with Gasteiger partial charge in [0.05, 0.1) is 16.6 Å². The molecule has 1 N–H and O–H groups in total. The Bertz CT molecular complexity index is 1420. The number of hydrogen-bond acceptors (Lipinski definition) is 4. The lowest BCUT2D eigenvalue weighted by atomic mass is 10.1. The molecule has 7 heteroatoms. The molecular formula is C23H18BrN5O. The van der Waals surface area contributed by atoms with Crippen LogP contribution in [0.2, 0.25) is 0 Å². The van der Waals surface area contributed by atoms with Gasteiger partial charge in [-0.1, -0.05) is 15.9 Å². The van der Waals surface area contributed by atoms with E-state index in [1.165, 1.54) is 0 Å². The van der Waals surface area contributed by atoms with Crippen molar-refractivity contribution in [3.8, 4) is 18.0 Å². The van der Waals surface area contributed by atoms with E-state index in [1.807, 2.05) is 56.5 Å². The number of furan rings is 1. The largest absolute Gasteiger partial charge is 0.443 e. The number of nitriles is 2. The normalized spacial score (nSPS) is 11.6. The molecule has 4 rings (SSSR count). The molecule has 0 bridgehead atoms. The van der Waals surface area contributed by atoms with E-state index in [1.54, 1.807) is 6.08 Å². The van der Waals surface area contributed by atoms with Crippen LogP contribution in [-0.4, -0.2) is 14.5 Å². The predicted molar refractivity (Wildman–Crippen MR) is 119 cm³/mol. The maximum Gasteiger partial charge on any atom is 0.222 e. The van der Waals surface area contributed by atoms with Crippen LogP contribution in [0.4, 0.5) is 0 Å². The second-order valence-electron chi connectivity index (χ2n) is 7.15. The minimum Gasteiger partial charge on any atom is -0.443 e. The molecule has 3 heterocycles. The summed E-state index contributed by atoms with van der Waals surface area (Å²) in [5.74, 6) is 1.74. The summed E-state index contributed by atoms with van der Waals surface area (Å²) in [6.07, 6.45) is 1.81. The molecule has 1 aromatic carbocycles. The van der Waals surface area contributed by atoms with Crippen LogP contribution in [0.25, 0.3) is 28.6 Å². The van der Waals surface area contributed by atoms with E-state index in [9.17, 15) is 10.5 Å². The molecule has 0 radical (unpaired) electrons. The van der Waals surface area contributed by atoms with E-state index in [4.69, 9.17) is 4.42 Å². The van der Waals surface area contributed by atoms with Crippen LogP contribution in [0.1, 0.15) is 39.7 Å². The number of fused-ring (bicyclic) bond motifs is 1. The van der Waals surface area contributed by atoms with Crippen LogP contribution >= 0.6 is 15.9 Å². The van der Waals surface area contributed by atoms with Gasteiger partial charge in [-0.3, -0.25) is 4.57 Å². The number of rotatable bonds is 3. The number of aromatic amines is 1. The zero-order valence-electron chi connectivity index (χ0n) is 17.0. The lowest BCUT2D eigenvalue weighted by Crippen LogP contribution is -2.00. The summed E-state index contributed by atoms with van der Waals surface area (Å²) in [6, 6.07) is 12.2. The van der Waals surface area contributed by atoms with Crippen molar-refractivity contribution in [1.82, 2.24) is 14.5 Å². The third-order valence-electron chi connectivity index (χ3n) is 5.27. The SMILES string of the molecule is Cc1oc(-n2c(C)cc(/C=C(\C#N)c3nc4ccc(Br)cc4[nH]3)c2C)c(C#N)c1C. The summed E-state index contributed by atoms with van der Waals surface area (Å²) in [5.41, 5.74) is 6.08. The Balaban J connectivity index is 1.84. The van der Waals surface area contributed by atoms with E-state index < -0.39 is 0 Å². The van der Waals surface area contributed by atoms with Gasteiger partial charge in [0.2, 0.25) is 5.88 Å². The molecule has 0 unspecified atom stereocenters. The Kier molecular flexibility index (Phi) is 4.85. The number of hydrogen-bond donors (Lipinski definition) is 1. The average Bonchev–Trinajstić information content (AvgIpc) is 3.33. The molecule has 4 aromatic rings. The summed E-state index contributed by atoms with van der Waals surface area (Å²) in [6.45, 7) is 7.62. The molecule has 148 valence electrons. The van der Waals surface area contributed by atoms with Crippen LogP contribution in [0, 0.1) is 50.4 Å². The maximum atomic E-state index is 9.77. The van der Waals surface area contributed by atoms with Crippen molar-refractivity contribution in [3.05, 3.63) is 68.4 Å². The van der Waals surface area contributed by atoms with Crippen molar-refractivity contribution in [2.75, 3.05) is 0 Å². The van der Waals surface area contributed by atoms with Crippen LogP contribution < -0.4 is 0 Å². The van der Waals surface area contributed by atoms with Gasteiger partial charge in [0.25, 0.3) is 0 Å². The summed E-state index contributed by atoms with van der Waals surface area (Å²) >= 11 is 3.45. The Morgan fingerprint density at radius 2 is 1.97 bits per heavy atom. The minimum atomic E-state index is 0.426. The fourth-order valence-corrected chi connectivity index (χ4v) is 3.92. The summed E-state index contributed by atoms with van der Waals surface area (Å²) < 4.78 is 8.75. The molecule has 30 heavy (non-hydrogen) atoms. The molecule has 0 saturated heterocycles. The van der Waals surface area contributed by atoms with Gasteiger partial charge in [0, 0.05) is 21.4 Å². The van der Waals surface area contributed by atoms with Crippen LogP contribution in [0.3, 0.4) is 0 Å². The van der Waals surface area contributed by atoms with Gasteiger partial charge < -0.3 is 9.40 Å². The first-order valence-corrected chi connectivity index (χ1v) is 10.1. The van der Waals surface area contributed by atoms with Gasteiger partial charge in [0.1, 0.15) is 29.3 Å². The Morgan fingerprint density at radius 3 is 2.67 bits per heavy atom. The summed E-state index contributed by atoms with van der Waals surface area (Å²) in [4.78, 5) is 7.75. The summed E-state index contributed by atoms with van der Waals surface area (Å²) in [7, 11) is 0. The monoisotopic (exact) mass is 459 g/mol. The third kappa shape index (κ3) is 3.14. The molecule has 0 atom stereocenters. The zero-order valence-corrected chi connectivity index (χ0v) is 18.5. The number of H-pyrrole nitrogens is 1. The molecule has 0 spiro atoms. The number of halogens is 1. The van der Waals surface area contributed by atoms with Crippen LogP contribution in [-0.2, 0) is 0 Å². The predicted octanol–water partition coefficient (Wildman–Crippen LogP) is 5.88. The van der Waals surface area contributed by atoms with E-state index in [0.717, 1.165) is 43.8 Å². The molecule has 0 aliphatic carbocycles. The van der Waals surface area contributed by atoms with Gasteiger partial charge in [-0.05, 0) is 63.6 Å². The minimum absolute atomic E-state index is 0.426. The Labute approximate surface area is 182 Å². The first kappa shape index (κ1) is 19.8. The van der Waals surface area contributed by atoms with Gasteiger partial charge in [-0.2, -0.15) is 10.5 Å². The van der Waals surface area contributed by atoms with E-state index in [2.05, 4.69) is 38.0 Å². The number of imidazole rings is 1. The number of allylic oxidation sites excluding steroid dienone is 1. The highest BCUT2D eigenvalue weighted by atomic mass is 79.9. The quantitative estimate of drug-likeness (QED) is 0.387. The second-order valence-corrected chi connectivity index (χ2v) is 8.07. The van der Waals surface area contributed by atoms with Gasteiger partial charge >= 0.3 is 0 Å². The van der Waals surface area contributed by atoms with Crippen molar-refractivity contribution < 1.29 is 4.42 Å². The van der Waals surface area contributed by atoms with Crippen molar-refractivity contribution in [3.63, 3.8) is 0 Å². The fraction of sp³-hybridized carbons (Fsp3) is 0.174. The number of nitrogens with one attached hydrogen (secondary N) is 1. The topological polar surface area (TPSA) is 94.3 Å². The first-order chi connectivity index (χ1) is 14.3. The smallest absolute Gasteiger partial charge is 0.222 e. The first-order valence-electron chi connectivity index (χ1n) is 9.31. The lowest BCUT2D eigenvalue weighted by Gasteiger charge is -2.06. The number of benzene rings is 1. The van der Waals surface area contributed by atoms with Crippen LogP contribution in [0.5, 0.6) is 0 Å². The average molecular weight is 460 g/mol. The van der Waals surface area contributed by atoms with Crippen LogP contribution in [0.15, 0.2) is 33.2 Å².